The van der Waals surface area contributed by atoms with Gasteiger partial charge in [-0.05, 0) is 18.8 Å². The zero-order chi connectivity index (χ0) is 13.1. The van der Waals surface area contributed by atoms with Gasteiger partial charge < -0.3 is 10.0 Å². The van der Waals surface area contributed by atoms with Crippen LogP contribution in [0.5, 0.6) is 0 Å². The quantitative estimate of drug-likeness (QED) is 0.926. The van der Waals surface area contributed by atoms with Gasteiger partial charge >= 0.3 is 5.97 Å². The lowest BCUT2D eigenvalue weighted by molar-refractivity contribution is -0.138. The van der Waals surface area contributed by atoms with E-state index < -0.39 is 5.97 Å². The van der Waals surface area contributed by atoms with Crippen LogP contribution >= 0.6 is 23.2 Å². The highest BCUT2D eigenvalue weighted by Crippen LogP contribution is 2.30. The van der Waals surface area contributed by atoms with Gasteiger partial charge in [0.25, 0.3) is 0 Å². The molecule has 98 valence electrons. The highest BCUT2D eigenvalue weighted by atomic mass is 35.5. The molecular formula is C11H13Cl2N3O2. The second-order valence-electron chi connectivity index (χ2n) is 4.40. The SMILES string of the molecule is O=C(O)CC1CCCN(c2cc(Cl)nnc2Cl)C1. The maximum atomic E-state index is 10.7. The average molecular weight is 290 g/mol. The molecule has 0 saturated carbocycles. The van der Waals surface area contributed by atoms with Gasteiger partial charge in [0, 0.05) is 25.6 Å². The molecule has 0 spiro atoms. The minimum absolute atomic E-state index is 0.138. The van der Waals surface area contributed by atoms with Gasteiger partial charge in [-0.2, -0.15) is 0 Å². The summed E-state index contributed by atoms with van der Waals surface area (Å²) < 4.78 is 0. The van der Waals surface area contributed by atoms with Crippen LogP contribution in [-0.4, -0.2) is 34.4 Å². The Kier molecular flexibility index (Phi) is 4.24. The second-order valence-corrected chi connectivity index (χ2v) is 5.14. The van der Waals surface area contributed by atoms with E-state index in [2.05, 4.69) is 10.2 Å². The lowest BCUT2D eigenvalue weighted by atomic mass is 9.94. The number of hydrogen-bond acceptors (Lipinski definition) is 4. The van der Waals surface area contributed by atoms with Crippen LogP contribution in [0.1, 0.15) is 19.3 Å². The van der Waals surface area contributed by atoms with Crippen LogP contribution in [0.15, 0.2) is 6.07 Å². The van der Waals surface area contributed by atoms with Crippen molar-refractivity contribution in [2.75, 3.05) is 18.0 Å². The Bertz CT molecular complexity index is 456. The summed E-state index contributed by atoms with van der Waals surface area (Å²) in [6.45, 7) is 1.49. The summed E-state index contributed by atoms with van der Waals surface area (Å²) in [5.41, 5.74) is 0.728. The first-order chi connectivity index (χ1) is 8.56. The van der Waals surface area contributed by atoms with Crippen molar-refractivity contribution in [2.45, 2.75) is 19.3 Å². The zero-order valence-corrected chi connectivity index (χ0v) is 11.2. The molecule has 1 aliphatic heterocycles. The predicted molar refractivity (Wildman–Crippen MR) is 69.2 cm³/mol. The number of anilines is 1. The van der Waals surface area contributed by atoms with Crippen LogP contribution in [0.4, 0.5) is 5.69 Å². The van der Waals surface area contributed by atoms with E-state index in [-0.39, 0.29) is 17.5 Å². The first-order valence-corrected chi connectivity index (χ1v) is 6.47. The molecule has 0 aliphatic carbocycles. The Morgan fingerprint density at radius 1 is 1.50 bits per heavy atom. The lowest BCUT2D eigenvalue weighted by Crippen LogP contribution is -2.36. The van der Waals surface area contributed by atoms with Gasteiger partial charge in [-0.3, -0.25) is 4.79 Å². The van der Waals surface area contributed by atoms with Crippen molar-refractivity contribution in [2.24, 2.45) is 5.92 Å². The van der Waals surface area contributed by atoms with Crippen LogP contribution in [0.2, 0.25) is 10.3 Å². The van der Waals surface area contributed by atoms with Gasteiger partial charge in [-0.15, -0.1) is 10.2 Å². The summed E-state index contributed by atoms with van der Waals surface area (Å²) in [6, 6.07) is 1.67. The van der Waals surface area contributed by atoms with Gasteiger partial charge in [-0.1, -0.05) is 23.2 Å². The van der Waals surface area contributed by atoms with Crippen LogP contribution in [0.3, 0.4) is 0 Å². The molecule has 0 amide bonds. The Morgan fingerprint density at radius 3 is 3.00 bits per heavy atom. The van der Waals surface area contributed by atoms with Gasteiger partial charge in [0.15, 0.2) is 10.3 Å². The largest absolute Gasteiger partial charge is 0.481 e. The molecule has 0 aromatic carbocycles. The van der Waals surface area contributed by atoms with E-state index in [0.717, 1.165) is 25.1 Å². The van der Waals surface area contributed by atoms with E-state index in [1.54, 1.807) is 6.07 Å². The fourth-order valence-electron chi connectivity index (χ4n) is 2.26. The van der Waals surface area contributed by atoms with Crippen molar-refractivity contribution in [1.82, 2.24) is 10.2 Å². The molecule has 1 aliphatic rings. The third-order valence-corrected chi connectivity index (χ3v) is 3.48. The van der Waals surface area contributed by atoms with E-state index in [9.17, 15) is 4.79 Å². The Hall–Kier alpha value is -1.07. The van der Waals surface area contributed by atoms with Crippen molar-refractivity contribution in [3.63, 3.8) is 0 Å². The molecule has 1 aromatic rings. The monoisotopic (exact) mass is 289 g/mol. The second kappa shape index (κ2) is 5.71. The first kappa shape index (κ1) is 13.4. The maximum absolute atomic E-state index is 10.7. The molecule has 1 N–H and O–H groups in total. The highest BCUT2D eigenvalue weighted by Gasteiger charge is 2.24. The number of hydrogen-bond donors (Lipinski definition) is 1. The van der Waals surface area contributed by atoms with E-state index >= 15 is 0 Å². The molecule has 0 bridgehead atoms. The fourth-order valence-corrected chi connectivity index (χ4v) is 2.62. The van der Waals surface area contributed by atoms with Crippen molar-refractivity contribution < 1.29 is 9.90 Å². The van der Waals surface area contributed by atoms with Gasteiger partial charge in [0.1, 0.15) is 0 Å². The standard InChI is InChI=1S/C11H13Cl2N3O2/c12-9-5-8(11(13)15-14-9)16-3-1-2-7(6-16)4-10(17)18/h5,7H,1-4,6H2,(H,17,18). The summed E-state index contributed by atoms with van der Waals surface area (Å²) in [7, 11) is 0. The fraction of sp³-hybridized carbons (Fsp3) is 0.545. The van der Waals surface area contributed by atoms with Crippen molar-refractivity contribution in [3.8, 4) is 0 Å². The molecule has 0 radical (unpaired) electrons. The smallest absolute Gasteiger partial charge is 0.303 e. The minimum Gasteiger partial charge on any atom is -0.481 e. The van der Waals surface area contributed by atoms with E-state index in [1.807, 2.05) is 4.90 Å². The van der Waals surface area contributed by atoms with Crippen LogP contribution in [0, 0.1) is 5.92 Å². The summed E-state index contributed by atoms with van der Waals surface area (Å²) in [6.07, 6.45) is 2.04. The third-order valence-electron chi connectivity index (χ3n) is 3.02. The molecule has 2 rings (SSSR count). The van der Waals surface area contributed by atoms with Crippen molar-refractivity contribution in [1.29, 1.82) is 0 Å². The lowest BCUT2D eigenvalue weighted by Gasteiger charge is -2.33. The number of rotatable bonds is 3. The van der Waals surface area contributed by atoms with Gasteiger partial charge in [0.2, 0.25) is 0 Å². The first-order valence-electron chi connectivity index (χ1n) is 5.71. The van der Waals surface area contributed by atoms with Crippen molar-refractivity contribution in [3.05, 3.63) is 16.4 Å². The average Bonchev–Trinajstić information content (AvgIpc) is 2.32. The number of carboxylic acids is 1. The van der Waals surface area contributed by atoms with Crippen molar-refractivity contribution >= 4 is 34.9 Å². The number of piperidine rings is 1. The van der Waals surface area contributed by atoms with Crippen LogP contribution in [-0.2, 0) is 4.79 Å². The molecule has 2 heterocycles. The summed E-state index contributed by atoms with van der Waals surface area (Å²) >= 11 is 11.8. The number of carboxylic acid groups (broad SMARTS) is 1. The van der Waals surface area contributed by atoms with Gasteiger partial charge in [-0.25, -0.2) is 0 Å². The predicted octanol–water partition coefficient (Wildman–Crippen LogP) is 2.47. The van der Waals surface area contributed by atoms with Crippen LogP contribution < -0.4 is 4.90 Å². The molecule has 1 aromatic heterocycles. The molecule has 1 saturated heterocycles. The van der Waals surface area contributed by atoms with E-state index in [0.29, 0.717) is 11.7 Å². The molecule has 1 fully saturated rings. The summed E-state index contributed by atoms with van der Waals surface area (Å²) in [5.74, 6) is -0.627. The Balaban J connectivity index is 2.12. The molecule has 1 atom stereocenters. The highest BCUT2D eigenvalue weighted by molar-refractivity contribution is 6.33. The number of aliphatic carboxylic acids is 1. The van der Waals surface area contributed by atoms with E-state index in [4.69, 9.17) is 28.3 Å². The number of nitrogens with zero attached hydrogens (tertiary/aromatic N) is 3. The van der Waals surface area contributed by atoms with Gasteiger partial charge in [0.05, 0.1) is 5.69 Å². The number of aromatic nitrogens is 2. The topological polar surface area (TPSA) is 66.3 Å². The number of carbonyl (C=O) groups is 1. The normalized spacial score (nSPS) is 19.9. The third kappa shape index (κ3) is 3.23. The molecule has 7 heteroatoms. The molecule has 1 unspecified atom stereocenters. The maximum Gasteiger partial charge on any atom is 0.303 e. The summed E-state index contributed by atoms with van der Waals surface area (Å²) in [5, 5.41) is 16.9. The molecule has 18 heavy (non-hydrogen) atoms. The number of halogens is 2. The summed E-state index contributed by atoms with van der Waals surface area (Å²) in [4.78, 5) is 12.8. The Morgan fingerprint density at radius 2 is 2.28 bits per heavy atom. The molecule has 5 nitrogen and oxygen atoms in total. The zero-order valence-electron chi connectivity index (χ0n) is 9.64. The van der Waals surface area contributed by atoms with Crippen LogP contribution in [0.25, 0.3) is 0 Å². The molecular weight excluding hydrogens is 277 g/mol. The van der Waals surface area contributed by atoms with E-state index in [1.165, 1.54) is 0 Å². The Labute approximate surface area is 115 Å². The minimum atomic E-state index is -0.765.